The average Bonchev–Trinajstić information content (AvgIpc) is 3.38. The van der Waals surface area contributed by atoms with E-state index < -0.39 is 29.3 Å². The van der Waals surface area contributed by atoms with Gasteiger partial charge in [0.15, 0.2) is 0 Å². The second-order valence-electron chi connectivity index (χ2n) is 10.2. The molecule has 36 heavy (non-hydrogen) atoms. The number of aromatic nitrogens is 2. The van der Waals surface area contributed by atoms with Crippen molar-refractivity contribution in [3.05, 3.63) is 42.0 Å². The van der Waals surface area contributed by atoms with Gasteiger partial charge in [-0.15, -0.1) is 0 Å². The molecule has 194 valence electrons. The number of ether oxygens (including phenoxy) is 1. The van der Waals surface area contributed by atoms with E-state index in [-0.39, 0.29) is 5.56 Å². The molecule has 0 radical (unpaired) electrons. The van der Waals surface area contributed by atoms with Gasteiger partial charge in [0, 0.05) is 12.1 Å². The van der Waals surface area contributed by atoms with E-state index >= 15 is 0 Å². The van der Waals surface area contributed by atoms with E-state index in [1.54, 1.807) is 19.9 Å². The van der Waals surface area contributed by atoms with Gasteiger partial charge in [-0.25, -0.2) is 18.7 Å². The van der Waals surface area contributed by atoms with Crippen molar-refractivity contribution in [2.24, 2.45) is 5.92 Å². The van der Waals surface area contributed by atoms with Crippen molar-refractivity contribution < 1.29 is 23.1 Å². The lowest BCUT2D eigenvalue weighted by Crippen LogP contribution is -2.43. The van der Waals surface area contributed by atoms with Gasteiger partial charge in [0.1, 0.15) is 11.5 Å². The summed E-state index contributed by atoms with van der Waals surface area (Å²) in [6.45, 7) is 6.56. The number of amides is 2. The summed E-state index contributed by atoms with van der Waals surface area (Å²) in [5.41, 5.74) is -0.516. The number of likely N-dealkylation sites (tertiary alicyclic amines) is 1. The van der Waals surface area contributed by atoms with Crippen LogP contribution in [-0.4, -0.2) is 71.2 Å². The summed E-state index contributed by atoms with van der Waals surface area (Å²) >= 11 is 0. The molecule has 2 amide bonds. The first-order valence-corrected chi connectivity index (χ1v) is 12.4. The van der Waals surface area contributed by atoms with Gasteiger partial charge in [0.25, 0.3) is 5.91 Å². The molecule has 4 rings (SSSR count). The molecule has 0 spiro atoms. The van der Waals surface area contributed by atoms with Crippen LogP contribution in [0, 0.1) is 11.7 Å². The Bertz CT molecular complexity index is 1060. The Morgan fingerprint density at radius 2 is 1.97 bits per heavy atom. The number of alkyl halides is 1. The standard InChI is InChI=1S/C26H33F2N5O3/c1-26(2,28)16-33-10-7-17(8-11-33)15-36-23-14-30-22(13-31-23)18-5-6-19(20(27)12-18)24(34)32-25(35)21-4-3-9-29-21/h5-6,12-14,17,21,29H,3-4,7-11,15-16H2,1-2H3,(H,32,34,35)/t21-/m0/s1. The number of piperidine rings is 1. The Balaban J connectivity index is 1.28. The van der Waals surface area contributed by atoms with Crippen LogP contribution in [-0.2, 0) is 4.79 Å². The summed E-state index contributed by atoms with van der Waals surface area (Å²) in [6.07, 6.45) is 6.36. The molecule has 0 saturated carbocycles. The molecule has 1 aromatic carbocycles. The van der Waals surface area contributed by atoms with Gasteiger partial charge in [-0.1, -0.05) is 6.07 Å². The topological polar surface area (TPSA) is 96.5 Å². The smallest absolute Gasteiger partial charge is 0.260 e. The highest BCUT2D eigenvalue weighted by Crippen LogP contribution is 2.23. The van der Waals surface area contributed by atoms with Crippen LogP contribution in [0.25, 0.3) is 11.3 Å². The first kappa shape index (κ1) is 26.1. The Labute approximate surface area is 209 Å². The van der Waals surface area contributed by atoms with Crippen LogP contribution in [0.2, 0.25) is 0 Å². The molecule has 3 heterocycles. The van der Waals surface area contributed by atoms with Crippen molar-refractivity contribution >= 4 is 11.8 Å². The van der Waals surface area contributed by atoms with Crippen molar-refractivity contribution in [1.29, 1.82) is 0 Å². The van der Waals surface area contributed by atoms with Crippen molar-refractivity contribution in [2.45, 2.75) is 51.2 Å². The largest absolute Gasteiger partial charge is 0.476 e. The maximum Gasteiger partial charge on any atom is 0.260 e. The molecule has 0 aliphatic carbocycles. The number of hydrogen-bond donors (Lipinski definition) is 2. The summed E-state index contributed by atoms with van der Waals surface area (Å²) in [6, 6.07) is 3.67. The van der Waals surface area contributed by atoms with Gasteiger partial charge in [0.2, 0.25) is 11.8 Å². The molecule has 0 unspecified atom stereocenters. The molecule has 10 heteroatoms. The van der Waals surface area contributed by atoms with Gasteiger partial charge in [0.05, 0.1) is 36.3 Å². The fourth-order valence-corrected chi connectivity index (χ4v) is 4.62. The fraction of sp³-hybridized carbons (Fsp3) is 0.538. The van der Waals surface area contributed by atoms with Crippen LogP contribution >= 0.6 is 0 Å². The highest BCUT2D eigenvalue weighted by atomic mass is 19.1. The second kappa shape index (κ2) is 11.4. The van der Waals surface area contributed by atoms with E-state index in [9.17, 15) is 18.4 Å². The third kappa shape index (κ3) is 7.04. The van der Waals surface area contributed by atoms with E-state index in [0.29, 0.717) is 42.6 Å². The zero-order valence-corrected chi connectivity index (χ0v) is 20.7. The fourth-order valence-electron chi connectivity index (χ4n) is 4.62. The molecule has 2 aliphatic rings. The van der Waals surface area contributed by atoms with Crippen molar-refractivity contribution in [3.63, 3.8) is 0 Å². The molecule has 1 atom stereocenters. The van der Waals surface area contributed by atoms with Crippen LogP contribution in [0.15, 0.2) is 30.6 Å². The van der Waals surface area contributed by atoms with Gasteiger partial charge >= 0.3 is 0 Å². The minimum Gasteiger partial charge on any atom is -0.476 e. The minimum absolute atomic E-state index is 0.209. The van der Waals surface area contributed by atoms with Gasteiger partial charge < -0.3 is 15.0 Å². The quantitative estimate of drug-likeness (QED) is 0.537. The third-order valence-electron chi connectivity index (χ3n) is 6.52. The number of halogens is 2. The molecule has 8 nitrogen and oxygen atoms in total. The number of carbonyl (C=O) groups excluding carboxylic acids is 2. The predicted octanol–water partition coefficient (Wildman–Crippen LogP) is 3.13. The number of hydrogen-bond acceptors (Lipinski definition) is 7. The van der Waals surface area contributed by atoms with Crippen LogP contribution in [0.4, 0.5) is 8.78 Å². The van der Waals surface area contributed by atoms with E-state index in [1.165, 1.54) is 24.5 Å². The maximum absolute atomic E-state index is 14.7. The number of carbonyl (C=O) groups is 2. The summed E-state index contributed by atoms with van der Waals surface area (Å²) in [5.74, 6) is -1.22. The monoisotopic (exact) mass is 501 g/mol. The maximum atomic E-state index is 14.7. The number of nitrogens with one attached hydrogen (secondary N) is 2. The normalized spacial score (nSPS) is 19.3. The van der Waals surface area contributed by atoms with Gasteiger partial charge in [-0.05, 0) is 77.2 Å². The van der Waals surface area contributed by atoms with Gasteiger partial charge in [-0.3, -0.25) is 14.9 Å². The molecular formula is C26H33F2N5O3. The van der Waals surface area contributed by atoms with Crippen molar-refractivity contribution in [1.82, 2.24) is 25.5 Å². The number of benzene rings is 1. The van der Waals surface area contributed by atoms with Gasteiger partial charge in [-0.2, -0.15) is 0 Å². The van der Waals surface area contributed by atoms with E-state index in [2.05, 4.69) is 25.5 Å². The number of rotatable bonds is 8. The van der Waals surface area contributed by atoms with Crippen LogP contribution in [0.5, 0.6) is 5.88 Å². The summed E-state index contributed by atoms with van der Waals surface area (Å²) in [5, 5.41) is 5.26. The second-order valence-corrected chi connectivity index (χ2v) is 10.2. The molecule has 2 aliphatic heterocycles. The first-order valence-electron chi connectivity index (χ1n) is 12.4. The lowest BCUT2D eigenvalue weighted by molar-refractivity contribution is -0.121. The molecular weight excluding hydrogens is 468 g/mol. The Hall–Kier alpha value is -2.98. The lowest BCUT2D eigenvalue weighted by atomic mass is 9.97. The first-order chi connectivity index (χ1) is 17.2. The highest BCUT2D eigenvalue weighted by Gasteiger charge is 2.26. The molecule has 0 bridgehead atoms. The predicted molar refractivity (Wildman–Crippen MR) is 131 cm³/mol. The number of nitrogens with zero attached hydrogens (tertiary/aromatic N) is 3. The Kier molecular flexibility index (Phi) is 8.25. The van der Waals surface area contributed by atoms with Crippen LogP contribution < -0.4 is 15.4 Å². The summed E-state index contributed by atoms with van der Waals surface area (Å²) in [4.78, 5) is 35.2. The summed E-state index contributed by atoms with van der Waals surface area (Å²) in [7, 11) is 0. The van der Waals surface area contributed by atoms with E-state index in [4.69, 9.17) is 4.74 Å². The molecule has 2 N–H and O–H groups in total. The Morgan fingerprint density at radius 1 is 1.19 bits per heavy atom. The molecule has 2 fully saturated rings. The molecule has 1 aromatic heterocycles. The third-order valence-corrected chi connectivity index (χ3v) is 6.52. The van der Waals surface area contributed by atoms with Crippen LogP contribution in [0.3, 0.4) is 0 Å². The molecule has 2 saturated heterocycles. The minimum atomic E-state index is -1.19. The van der Waals surface area contributed by atoms with Crippen molar-refractivity contribution in [3.8, 4) is 17.1 Å². The SMILES string of the molecule is CC(C)(F)CN1CCC(COc2cnc(-c3ccc(C(=O)NC(=O)[C@@H]4CCCN4)c(F)c3)cn2)CC1. The highest BCUT2D eigenvalue weighted by molar-refractivity contribution is 6.06. The van der Waals surface area contributed by atoms with Crippen LogP contribution in [0.1, 0.15) is 49.9 Å². The zero-order chi connectivity index (χ0) is 25.7. The lowest BCUT2D eigenvalue weighted by Gasteiger charge is -2.34. The van der Waals surface area contributed by atoms with Crippen molar-refractivity contribution in [2.75, 3.05) is 32.8 Å². The van der Waals surface area contributed by atoms with E-state index in [1.807, 2.05) is 0 Å². The summed E-state index contributed by atoms with van der Waals surface area (Å²) < 4.78 is 34.3. The van der Waals surface area contributed by atoms with E-state index in [0.717, 1.165) is 38.9 Å². The average molecular weight is 502 g/mol. The zero-order valence-electron chi connectivity index (χ0n) is 20.7. The molecule has 2 aromatic rings. The number of imide groups is 1. The Morgan fingerprint density at radius 3 is 2.58 bits per heavy atom.